The molecule has 0 bridgehead atoms. The highest BCUT2D eigenvalue weighted by Crippen LogP contribution is 2.21. The maximum absolute atomic E-state index is 3.44. The van der Waals surface area contributed by atoms with Crippen LogP contribution in [0.1, 0.15) is 17.5 Å². The second-order valence-corrected chi connectivity index (χ2v) is 5.99. The van der Waals surface area contributed by atoms with Crippen LogP contribution in [-0.4, -0.2) is 11.1 Å². The van der Waals surface area contributed by atoms with Crippen molar-refractivity contribution >= 4 is 22.2 Å². The van der Waals surface area contributed by atoms with Gasteiger partial charge in [-0.1, -0.05) is 31.2 Å². The van der Waals surface area contributed by atoms with E-state index in [0.717, 1.165) is 26.1 Å². The van der Waals surface area contributed by atoms with Crippen LogP contribution in [-0.2, 0) is 19.5 Å². The summed E-state index contributed by atoms with van der Waals surface area (Å²) in [5.41, 5.74) is 2.72. The summed E-state index contributed by atoms with van der Waals surface area (Å²) in [5, 5.41) is 6.94. The van der Waals surface area contributed by atoms with Gasteiger partial charge < -0.3 is 9.88 Å². The lowest BCUT2D eigenvalue weighted by molar-refractivity contribution is 0.636. The van der Waals surface area contributed by atoms with Crippen LogP contribution >= 0.6 is 11.3 Å². The van der Waals surface area contributed by atoms with Crippen LogP contribution in [0.5, 0.6) is 0 Å². The van der Waals surface area contributed by atoms with Crippen molar-refractivity contribution in [2.75, 3.05) is 6.54 Å². The molecule has 2 aromatic heterocycles. The van der Waals surface area contributed by atoms with Gasteiger partial charge >= 0.3 is 0 Å². The van der Waals surface area contributed by atoms with Crippen LogP contribution in [0.25, 0.3) is 10.9 Å². The second kappa shape index (κ2) is 6.25. The van der Waals surface area contributed by atoms with Gasteiger partial charge in [-0.2, -0.15) is 0 Å². The van der Waals surface area contributed by atoms with E-state index in [1.54, 1.807) is 0 Å². The largest absolute Gasteiger partial charge is 0.343 e. The van der Waals surface area contributed by atoms with E-state index >= 15 is 0 Å². The van der Waals surface area contributed by atoms with Crippen molar-refractivity contribution in [1.29, 1.82) is 0 Å². The van der Waals surface area contributed by atoms with Gasteiger partial charge in [0.2, 0.25) is 0 Å². The number of rotatable bonds is 6. The minimum Gasteiger partial charge on any atom is -0.343 e. The fourth-order valence-electron chi connectivity index (χ4n) is 2.61. The van der Waals surface area contributed by atoms with Gasteiger partial charge in [-0.15, -0.1) is 11.3 Å². The lowest BCUT2D eigenvalue weighted by Crippen LogP contribution is -2.16. The summed E-state index contributed by atoms with van der Waals surface area (Å²) in [6, 6.07) is 15.3. The topological polar surface area (TPSA) is 17.0 Å². The SMILES string of the molecule is CCNCc1cc2ccccc2n1CCc1cccs1. The van der Waals surface area contributed by atoms with Crippen molar-refractivity contribution in [2.45, 2.75) is 26.4 Å². The number of nitrogens with zero attached hydrogens (tertiary/aromatic N) is 1. The maximum atomic E-state index is 3.44. The molecule has 1 aromatic carbocycles. The van der Waals surface area contributed by atoms with Gasteiger partial charge in [0.25, 0.3) is 0 Å². The average molecular weight is 284 g/mol. The van der Waals surface area contributed by atoms with Gasteiger partial charge in [0.05, 0.1) is 0 Å². The van der Waals surface area contributed by atoms with Crippen molar-refractivity contribution in [3.8, 4) is 0 Å². The standard InChI is InChI=1S/C17H20N2S/c1-2-18-13-15-12-14-6-3-4-8-17(14)19(15)10-9-16-7-5-11-20-16/h3-8,11-12,18H,2,9-10,13H2,1H3. The lowest BCUT2D eigenvalue weighted by Gasteiger charge is -2.10. The van der Waals surface area contributed by atoms with E-state index in [9.17, 15) is 0 Å². The third-order valence-corrected chi connectivity index (χ3v) is 4.55. The second-order valence-electron chi connectivity index (χ2n) is 4.96. The predicted octanol–water partition coefficient (Wildman–Crippen LogP) is 4.06. The van der Waals surface area contributed by atoms with Gasteiger partial charge in [0, 0.05) is 29.2 Å². The minimum atomic E-state index is 0.940. The van der Waals surface area contributed by atoms with Crippen molar-refractivity contribution < 1.29 is 0 Å². The fraction of sp³-hybridized carbons (Fsp3) is 0.294. The number of thiophene rings is 1. The van der Waals surface area contributed by atoms with E-state index < -0.39 is 0 Å². The molecule has 0 aliphatic heterocycles. The van der Waals surface area contributed by atoms with Crippen LogP contribution in [0, 0.1) is 0 Å². The first-order valence-corrected chi connectivity index (χ1v) is 8.06. The quantitative estimate of drug-likeness (QED) is 0.722. The van der Waals surface area contributed by atoms with Gasteiger partial charge in [0.1, 0.15) is 0 Å². The zero-order valence-electron chi connectivity index (χ0n) is 11.8. The number of para-hydroxylation sites is 1. The van der Waals surface area contributed by atoms with E-state index in [4.69, 9.17) is 0 Å². The molecule has 3 heteroatoms. The Kier molecular flexibility index (Phi) is 4.19. The lowest BCUT2D eigenvalue weighted by atomic mass is 10.2. The van der Waals surface area contributed by atoms with Crippen molar-refractivity contribution in [1.82, 2.24) is 9.88 Å². The normalized spacial score (nSPS) is 11.2. The molecule has 3 rings (SSSR count). The Bertz CT molecular complexity index is 667. The summed E-state index contributed by atoms with van der Waals surface area (Å²) in [6.07, 6.45) is 1.11. The van der Waals surface area contributed by atoms with Crippen LogP contribution < -0.4 is 5.32 Å². The molecular formula is C17H20N2S. The Morgan fingerprint density at radius 2 is 2.05 bits per heavy atom. The monoisotopic (exact) mass is 284 g/mol. The minimum absolute atomic E-state index is 0.940. The van der Waals surface area contributed by atoms with Crippen molar-refractivity contribution in [2.24, 2.45) is 0 Å². The summed E-state index contributed by atoms with van der Waals surface area (Å²) in [6.45, 7) is 5.15. The summed E-state index contributed by atoms with van der Waals surface area (Å²) < 4.78 is 2.46. The number of aryl methyl sites for hydroxylation is 2. The first-order chi connectivity index (χ1) is 9.88. The van der Waals surface area contributed by atoms with Crippen LogP contribution in [0.3, 0.4) is 0 Å². The molecule has 2 nitrogen and oxygen atoms in total. The molecule has 0 spiro atoms. The number of benzene rings is 1. The van der Waals surface area contributed by atoms with Gasteiger partial charge in [-0.05, 0) is 41.9 Å². The molecule has 0 atom stereocenters. The Morgan fingerprint density at radius 3 is 2.85 bits per heavy atom. The number of fused-ring (bicyclic) bond motifs is 1. The molecule has 0 saturated carbocycles. The highest BCUT2D eigenvalue weighted by Gasteiger charge is 2.08. The average Bonchev–Trinajstić information content (AvgIpc) is 3.10. The number of hydrogen-bond acceptors (Lipinski definition) is 2. The zero-order valence-corrected chi connectivity index (χ0v) is 12.6. The molecule has 0 radical (unpaired) electrons. The Morgan fingerprint density at radius 1 is 1.15 bits per heavy atom. The summed E-state index contributed by atoms with van der Waals surface area (Å²) in [7, 11) is 0. The number of aromatic nitrogens is 1. The third kappa shape index (κ3) is 2.79. The molecule has 0 saturated heterocycles. The molecular weight excluding hydrogens is 264 g/mol. The highest BCUT2D eigenvalue weighted by atomic mass is 32.1. The van der Waals surface area contributed by atoms with Crippen LogP contribution in [0.15, 0.2) is 47.8 Å². The summed E-state index contributed by atoms with van der Waals surface area (Å²) in [4.78, 5) is 1.46. The molecule has 0 amide bonds. The van der Waals surface area contributed by atoms with Crippen molar-refractivity contribution in [3.63, 3.8) is 0 Å². The maximum Gasteiger partial charge on any atom is 0.0483 e. The molecule has 0 aliphatic carbocycles. The molecule has 2 heterocycles. The van der Waals surface area contributed by atoms with E-state index in [-0.39, 0.29) is 0 Å². The predicted molar refractivity (Wildman–Crippen MR) is 87.3 cm³/mol. The first kappa shape index (κ1) is 13.4. The smallest absolute Gasteiger partial charge is 0.0483 e. The van der Waals surface area contributed by atoms with Gasteiger partial charge in [-0.25, -0.2) is 0 Å². The van der Waals surface area contributed by atoms with Crippen LogP contribution in [0.4, 0.5) is 0 Å². The Hall–Kier alpha value is -1.58. The molecule has 104 valence electrons. The fourth-order valence-corrected chi connectivity index (χ4v) is 3.31. The number of nitrogens with one attached hydrogen (secondary N) is 1. The van der Waals surface area contributed by atoms with Crippen molar-refractivity contribution in [3.05, 3.63) is 58.4 Å². The molecule has 0 fully saturated rings. The Labute approximate surface area is 124 Å². The molecule has 1 N–H and O–H groups in total. The Balaban J connectivity index is 1.89. The third-order valence-electron chi connectivity index (χ3n) is 3.61. The summed E-state index contributed by atoms with van der Waals surface area (Å²) >= 11 is 1.84. The zero-order chi connectivity index (χ0) is 13.8. The molecule has 0 aliphatic rings. The first-order valence-electron chi connectivity index (χ1n) is 7.18. The van der Waals surface area contributed by atoms with E-state index in [1.165, 1.54) is 21.5 Å². The molecule has 3 aromatic rings. The van der Waals surface area contributed by atoms with Gasteiger partial charge in [-0.3, -0.25) is 0 Å². The summed E-state index contributed by atoms with van der Waals surface area (Å²) in [5.74, 6) is 0. The van der Waals surface area contributed by atoms with Crippen LogP contribution in [0.2, 0.25) is 0 Å². The highest BCUT2D eigenvalue weighted by molar-refractivity contribution is 7.09. The van der Waals surface area contributed by atoms with E-state index in [2.05, 4.69) is 64.7 Å². The number of hydrogen-bond donors (Lipinski definition) is 1. The van der Waals surface area contributed by atoms with E-state index in [0.29, 0.717) is 0 Å². The molecule has 20 heavy (non-hydrogen) atoms. The van der Waals surface area contributed by atoms with E-state index in [1.807, 2.05) is 11.3 Å². The van der Waals surface area contributed by atoms with Gasteiger partial charge in [0.15, 0.2) is 0 Å². The molecule has 0 unspecified atom stereocenters.